The van der Waals surface area contributed by atoms with Crippen LogP contribution >= 0.6 is 0 Å². The third kappa shape index (κ3) is 35.7. The molecule has 50 heavy (non-hydrogen) atoms. The van der Waals surface area contributed by atoms with Crippen molar-refractivity contribution in [2.75, 3.05) is 13.1 Å². The van der Waals surface area contributed by atoms with E-state index in [-0.39, 0.29) is 49.8 Å². The molecule has 0 aromatic heterocycles. The maximum absolute atomic E-state index is 13.0. The average molecular weight is 708 g/mol. The van der Waals surface area contributed by atoms with Gasteiger partial charge in [-0.15, -0.1) is 0 Å². The molecule has 0 fully saturated rings. The Kier molecular flexibility index (Phi) is 36.5. The lowest BCUT2D eigenvalue weighted by atomic mass is 10.0. The maximum Gasteiger partial charge on any atom is 0.303 e. The number of amides is 3. The quantitative estimate of drug-likeness (QED) is 0.0473. The fraction of sp³-hybridized carbons (Fsp3) is 0.905. The van der Waals surface area contributed by atoms with Crippen molar-refractivity contribution in [3.63, 3.8) is 0 Å². The van der Waals surface area contributed by atoms with Crippen LogP contribution in [0.1, 0.15) is 226 Å². The molecule has 8 nitrogen and oxygen atoms in total. The molecule has 0 heterocycles. The number of hydrogen-bond acceptors (Lipinski definition) is 4. The summed E-state index contributed by atoms with van der Waals surface area (Å²) in [6.45, 7) is 5.70. The molecule has 0 saturated carbocycles. The van der Waals surface area contributed by atoms with E-state index >= 15 is 0 Å². The minimum Gasteiger partial charge on any atom is -0.481 e. The Morgan fingerprint density at radius 2 is 0.780 bits per heavy atom. The molecule has 1 atom stereocenters. The highest BCUT2D eigenvalue weighted by atomic mass is 16.4. The molecule has 0 saturated heterocycles. The predicted octanol–water partition coefficient (Wildman–Crippen LogP) is 10.7. The molecule has 1 unspecified atom stereocenters. The van der Waals surface area contributed by atoms with Gasteiger partial charge in [0.15, 0.2) is 0 Å². The number of unbranched alkanes of at least 4 members (excludes halogenated alkanes) is 26. The van der Waals surface area contributed by atoms with Gasteiger partial charge in [0.2, 0.25) is 17.7 Å². The summed E-state index contributed by atoms with van der Waals surface area (Å²) < 4.78 is 0. The van der Waals surface area contributed by atoms with Crippen molar-refractivity contribution >= 4 is 23.7 Å². The zero-order valence-electron chi connectivity index (χ0n) is 32.9. The summed E-state index contributed by atoms with van der Waals surface area (Å²) in [6.07, 6.45) is 36.5. The van der Waals surface area contributed by atoms with E-state index in [4.69, 9.17) is 5.11 Å². The van der Waals surface area contributed by atoms with E-state index in [0.717, 1.165) is 32.1 Å². The zero-order valence-corrected chi connectivity index (χ0v) is 32.9. The fourth-order valence-electron chi connectivity index (χ4n) is 6.50. The average Bonchev–Trinajstić information content (AvgIpc) is 3.09. The van der Waals surface area contributed by atoms with Gasteiger partial charge in [0.25, 0.3) is 0 Å². The first kappa shape index (κ1) is 47.9. The largest absolute Gasteiger partial charge is 0.481 e. The lowest BCUT2D eigenvalue weighted by Crippen LogP contribution is -2.47. The molecule has 0 aliphatic rings. The summed E-state index contributed by atoms with van der Waals surface area (Å²) in [5.74, 6) is -1.68. The van der Waals surface area contributed by atoms with Gasteiger partial charge in [-0.2, -0.15) is 0 Å². The van der Waals surface area contributed by atoms with Crippen LogP contribution in [0, 0.1) is 0 Å². The number of carbonyl (C=O) groups excluding carboxylic acids is 3. The fourth-order valence-corrected chi connectivity index (χ4v) is 6.50. The molecular formula is C42H81N3O5. The summed E-state index contributed by atoms with van der Waals surface area (Å²) in [6, 6.07) is -0.800. The highest BCUT2D eigenvalue weighted by Gasteiger charge is 2.21. The number of carboxylic acid groups (broad SMARTS) is 1. The van der Waals surface area contributed by atoms with Gasteiger partial charge in [-0.05, 0) is 25.7 Å². The van der Waals surface area contributed by atoms with Crippen LogP contribution in [0.25, 0.3) is 0 Å². The Morgan fingerprint density at radius 3 is 1.16 bits per heavy atom. The highest BCUT2D eigenvalue weighted by Crippen LogP contribution is 2.14. The SMILES string of the molecule is CCCCCCCCCCCCCCCCNC(=O)CCC(NC(=O)CCCC(=O)O)C(=O)NCCCCCCCCCCCCCCCC. The Morgan fingerprint density at radius 1 is 0.420 bits per heavy atom. The third-order valence-electron chi connectivity index (χ3n) is 9.79. The number of rotatable bonds is 39. The highest BCUT2D eigenvalue weighted by molar-refractivity contribution is 5.88. The number of carboxylic acids is 1. The lowest BCUT2D eigenvalue weighted by Gasteiger charge is -2.18. The van der Waals surface area contributed by atoms with Crippen molar-refractivity contribution in [2.24, 2.45) is 0 Å². The van der Waals surface area contributed by atoms with Gasteiger partial charge < -0.3 is 21.1 Å². The topological polar surface area (TPSA) is 125 Å². The van der Waals surface area contributed by atoms with Gasteiger partial charge in [0.05, 0.1) is 0 Å². The number of aliphatic carboxylic acids is 1. The minimum absolute atomic E-state index is 0.0420. The molecule has 0 aliphatic heterocycles. The van der Waals surface area contributed by atoms with Crippen molar-refractivity contribution in [1.29, 1.82) is 0 Å². The van der Waals surface area contributed by atoms with E-state index in [1.165, 1.54) is 148 Å². The Hall–Kier alpha value is -2.12. The van der Waals surface area contributed by atoms with Crippen LogP contribution in [-0.2, 0) is 19.2 Å². The third-order valence-corrected chi connectivity index (χ3v) is 9.79. The van der Waals surface area contributed by atoms with Crippen molar-refractivity contribution in [2.45, 2.75) is 232 Å². The maximum atomic E-state index is 13.0. The monoisotopic (exact) mass is 708 g/mol. The van der Waals surface area contributed by atoms with E-state index in [0.29, 0.717) is 13.1 Å². The van der Waals surface area contributed by atoms with Gasteiger partial charge >= 0.3 is 5.97 Å². The standard InChI is InChI=1S/C42H81N3O5/c1-3-5-7-9-11-13-15-17-19-21-23-25-27-29-36-43-39(46)35-34-38(45-40(47)32-31-33-41(48)49)42(50)44-37-30-28-26-24-22-20-18-16-14-12-10-8-6-4-2/h38H,3-37H2,1-2H3,(H,43,46)(H,44,50)(H,45,47)(H,48,49). The summed E-state index contributed by atoms with van der Waals surface area (Å²) in [5, 5.41) is 17.5. The van der Waals surface area contributed by atoms with E-state index in [2.05, 4.69) is 29.8 Å². The molecule has 0 rings (SSSR count). The van der Waals surface area contributed by atoms with Crippen molar-refractivity contribution < 1.29 is 24.3 Å². The second kappa shape index (κ2) is 38.1. The molecule has 0 aliphatic carbocycles. The van der Waals surface area contributed by atoms with Crippen molar-refractivity contribution in [1.82, 2.24) is 16.0 Å². The molecule has 4 N–H and O–H groups in total. The summed E-state index contributed by atoms with van der Waals surface area (Å²) >= 11 is 0. The smallest absolute Gasteiger partial charge is 0.303 e. The number of nitrogens with one attached hydrogen (secondary N) is 3. The van der Waals surface area contributed by atoms with Gasteiger partial charge in [-0.1, -0.05) is 181 Å². The van der Waals surface area contributed by atoms with Gasteiger partial charge in [-0.3, -0.25) is 19.2 Å². The second-order valence-corrected chi connectivity index (χ2v) is 14.7. The van der Waals surface area contributed by atoms with E-state index in [1.54, 1.807) is 0 Å². The Balaban J connectivity index is 4.11. The molecule has 3 amide bonds. The van der Waals surface area contributed by atoms with Crippen LogP contribution in [0.15, 0.2) is 0 Å². The van der Waals surface area contributed by atoms with Crippen LogP contribution < -0.4 is 16.0 Å². The first-order valence-corrected chi connectivity index (χ1v) is 21.5. The Labute approximate surface area is 308 Å². The van der Waals surface area contributed by atoms with Crippen LogP contribution in [0.2, 0.25) is 0 Å². The van der Waals surface area contributed by atoms with E-state index in [9.17, 15) is 19.2 Å². The van der Waals surface area contributed by atoms with Gasteiger partial charge in [0, 0.05) is 32.4 Å². The van der Waals surface area contributed by atoms with Crippen molar-refractivity contribution in [3.05, 3.63) is 0 Å². The number of carbonyl (C=O) groups is 4. The minimum atomic E-state index is -0.948. The lowest BCUT2D eigenvalue weighted by molar-refractivity contribution is -0.137. The second-order valence-electron chi connectivity index (χ2n) is 14.7. The molecule has 0 aromatic carbocycles. The van der Waals surface area contributed by atoms with Gasteiger partial charge in [0.1, 0.15) is 6.04 Å². The molecule has 0 radical (unpaired) electrons. The summed E-state index contributed by atoms with van der Waals surface area (Å²) in [5.41, 5.74) is 0. The van der Waals surface area contributed by atoms with Crippen LogP contribution in [-0.4, -0.2) is 47.9 Å². The normalized spacial score (nSPS) is 11.7. The molecule has 8 heteroatoms. The van der Waals surface area contributed by atoms with Crippen LogP contribution in [0.3, 0.4) is 0 Å². The molecule has 294 valence electrons. The van der Waals surface area contributed by atoms with Crippen LogP contribution in [0.4, 0.5) is 0 Å². The van der Waals surface area contributed by atoms with Crippen molar-refractivity contribution in [3.8, 4) is 0 Å². The molecule has 0 aromatic rings. The van der Waals surface area contributed by atoms with Gasteiger partial charge in [-0.25, -0.2) is 0 Å². The summed E-state index contributed by atoms with van der Waals surface area (Å²) in [7, 11) is 0. The van der Waals surface area contributed by atoms with E-state index < -0.39 is 12.0 Å². The molecule has 0 spiro atoms. The summed E-state index contributed by atoms with van der Waals surface area (Å²) in [4.78, 5) is 48.7. The van der Waals surface area contributed by atoms with E-state index in [1.807, 2.05) is 0 Å². The van der Waals surface area contributed by atoms with Crippen LogP contribution in [0.5, 0.6) is 0 Å². The first-order chi connectivity index (χ1) is 24.4. The molecule has 0 bridgehead atoms. The zero-order chi connectivity index (χ0) is 36.8. The Bertz CT molecular complexity index is 806. The predicted molar refractivity (Wildman–Crippen MR) is 209 cm³/mol. The first-order valence-electron chi connectivity index (χ1n) is 21.5. The molecular weight excluding hydrogens is 626 g/mol. The number of hydrogen-bond donors (Lipinski definition) is 4.